The molecule has 1 aromatic heterocycles. The Kier molecular flexibility index (Phi) is 6.57. The SMILES string of the molecule is C=CC1C[N+]2(Cc3ccccc3)CCC1CC2C(O)c1ccnc2ccc(OC)cc12.[Cl-]. The maximum absolute atomic E-state index is 11.8. The van der Waals surface area contributed by atoms with Gasteiger partial charge in [0.2, 0.25) is 0 Å². The molecule has 5 heteroatoms. The normalized spacial score (nSPS) is 27.5. The molecule has 0 spiro atoms. The van der Waals surface area contributed by atoms with Gasteiger partial charge in [0, 0.05) is 35.9 Å². The molecule has 3 fully saturated rings. The van der Waals surface area contributed by atoms with Crippen molar-refractivity contribution in [2.75, 3.05) is 20.2 Å². The van der Waals surface area contributed by atoms with Gasteiger partial charge in [-0.05, 0) is 35.7 Å². The standard InChI is InChI=1S/C27H31N2O2.ClH/c1-3-20-18-29(17-19-7-5-4-6-8-19)14-12-21(20)15-26(29)27(30)23-11-13-28-25-10-9-22(31-2)16-24(23)25;/h3-11,13,16,20-21,26-27,30H,1,12,14-15,17-18H2,2H3;1H/q+1;/p-1. The maximum atomic E-state index is 11.8. The molecule has 4 nitrogen and oxygen atoms in total. The number of benzene rings is 2. The lowest BCUT2D eigenvalue weighted by Crippen LogP contribution is -3.00. The molecule has 0 radical (unpaired) electrons. The van der Waals surface area contributed by atoms with E-state index in [2.05, 4.69) is 48.0 Å². The summed E-state index contributed by atoms with van der Waals surface area (Å²) in [5.74, 6) is 1.92. The van der Waals surface area contributed by atoms with Crippen LogP contribution in [0.25, 0.3) is 10.9 Å². The number of rotatable bonds is 6. The molecule has 3 aromatic rings. The van der Waals surface area contributed by atoms with Crippen molar-refractivity contribution in [3.8, 4) is 5.75 Å². The summed E-state index contributed by atoms with van der Waals surface area (Å²) in [5, 5.41) is 12.8. The first-order valence-corrected chi connectivity index (χ1v) is 11.3. The maximum Gasteiger partial charge on any atom is 0.131 e. The van der Waals surface area contributed by atoms with Gasteiger partial charge in [-0.3, -0.25) is 4.98 Å². The minimum Gasteiger partial charge on any atom is -1.00 e. The number of aromatic nitrogens is 1. The van der Waals surface area contributed by atoms with Gasteiger partial charge in [0.15, 0.2) is 0 Å². The minimum atomic E-state index is -0.546. The average molecular weight is 451 g/mol. The lowest BCUT2D eigenvalue weighted by atomic mass is 9.71. The number of aliphatic hydroxyl groups is 1. The first kappa shape index (κ1) is 22.8. The molecular formula is C27H31ClN2O2. The Bertz CT molecular complexity index is 1090. The fraction of sp³-hybridized carbons (Fsp3) is 0.370. The number of piperidine rings is 3. The number of nitrogens with zero attached hydrogens (tertiary/aromatic N) is 2. The van der Waals surface area contributed by atoms with Gasteiger partial charge >= 0.3 is 0 Å². The highest BCUT2D eigenvalue weighted by atomic mass is 35.5. The van der Waals surface area contributed by atoms with Crippen LogP contribution in [0.5, 0.6) is 5.75 Å². The Morgan fingerprint density at radius 3 is 2.78 bits per heavy atom. The van der Waals surface area contributed by atoms with Gasteiger partial charge in [-0.1, -0.05) is 36.4 Å². The molecule has 0 amide bonds. The number of halogens is 1. The minimum absolute atomic E-state index is 0. The quantitative estimate of drug-likeness (QED) is 0.460. The fourth-order valence-electron chi connectivity index (χ4n) is 6.07. The molecule has 168 valence electrons. The van der Waals surface area contributed by atoms with E-state index < -0.39 is 6.10 Å². The van der Waals surface area contributed by atoms with Gasteiger partial charge in [0.05, 0.1) is 25.7 Å². The van der Waals surface area contributed by atoms with Crippen LogP contribution in [0, 0.1) is 11.8 Å². The van der Waals surface area contributed by atoms with Crippen LogP contribution in [0.4, 0.5) is 0 Å². The molecule has 2 bridgehead atoms. The molecule has 4 heterocycles. The molecular weight excluding hydrogens is 420 g/mol. The number of hydrogen-bond acceptors (Lipinski definition) is 3. The number of ether oxygens (including phenoxy) is 1. The van der Waals surface area contributed by atoms with Crippen molar-refractivity contribution in [3.05, 3.63) is 84.6 Å². The van der Waals surface area contributed by atoms with Gasteiger partial charge in [-0.15, -0.1) is 6.58 Å². The van der Waals surface area contributed by atoms with Crippen LogP contribution in [0.1, 0.15) is 30.1 Å². The number of methoxy groups -OCH3 is 1. The second kappa shape index (κ2) is 9.22. The third kappa shape index (κ3) is 3.92. The van der Waals surface area contributed by atoms with Crippen molar-refractivity contribution < 1.29 is 26.7 Å². The summed E-state index contributed by atoms with van der Waals surface area (Å²) in [5.41, 5.74) is 3.19. The second-order valence-electron chi connectivity index (χ2n) is 9.25. The Morgan fingerprint density at radius 1 is 1.22 bits per heavy atom. The van der Waals surface area contributed by atoms with Crippen LogP contribution in [-0.2, 0) is 6.54 Å². The Balaban J connectivity index is 0.00000245. The summed E-state index contributed by atoms with van der Waals surface area (Å²) in [7, 11) is 1.68. The average Bonchev–Trinajstić information content (AvgIpc) is 2.83. The molecule has 5 unspecified atom stereocenters. The topological polar surface area (TPSA) is 42.4 Å². The van der Waals surface area contributed by atoms with E-state index in [0.29, 0.717) is 11.8 Å². The Hall–Kier alpha value is -2.40. The lowest BCUT2D eigenvalue weighted by molar-refractivity contribution is -0.984. The lowest BCUT2D eigenvalue weighted by Gasteiger charge is -2.58. The smallest absolute Gasteiger partial charge is 0.131 e. The third-order valence-electron chi connectivity index (χ3n) is 7.68. The Morgan fingerprint density at radius 2 is 2.03 bits per heavy atom. The van der Waals surface area contributed by atoms with Gasteiger partial charge in [-0.2, -0.15) is 0 Å². The number of fused-ring (bicyclic) bond motifs is 4. The van der Waals surface area contributed by atoms with E-state index in [9.17, 15) is 5.11 Å². The first-order valence-electron chi connectivity index (χ1n) is 11.3. The highest BCUT2D eigenvalue weighted by Crippen LogP contribution is 2.48. The summed E-state index contributed by atoms with van der Waals surface area (Å²) < 4.78 is 6.38. The van der Waals surface area contributed by atoms with Gasteiger partial charge < -0.3 is 26.7 Å². The number of pyridine rings is 1. The predicted octanol–water partition coefficient (Wildman–Crippen LogP) is 1.89. The largest absolute Gasteiger partial charge is 1.00 e. The second-order valence-corrected chi connectivity index (χ2v) is 9.25. The van der Waals surface area contributed by atoms with Crippen LogP contribution in [-0.4, -0.2) is 40.8 Å². The predicted molar refractivity (Wildman–Crippen MR) is 124 cm³/mol. The molecule has 6 rings (SSSR count). The molecule has 0 aliphatic carbocycles. The highest BCUT2D eigenvalue weighted by molar-refractivity contribution is 5.83. The van der Waals surface area contributed by atoms with E-state index >= 15 is 0 Å². The van der Waals surface area contributed by atoms with E-state index in [1.165, 1.54) is 12.0 Å². The van der Waals surface area contributed by atoms with Crippen LogP contribution in [0.3, 0.4) is 0 Å². The molecule has 1 N–H and O–H groups in total. The summed E-state index contributed by atoms with van der Waals surface area (Å²) in [6.07, 6.45) is 5.65. The van der Waals surface area contributed by atoms with E-state index in [1.807, 2.05) is 30.5 Å². The van der Waals surface area contributed by atoms with Crippen molar-refractivity contribution in [1.29, 1.82) is 0 Å². The number of aliphatic hydroxyl groups excluding tert-OH is 1. The molecule has 5 atom stereocenters. The Labute approximate surface area is 196 Å². The van der Waals surface area contributed by atoms with Crippen molar-refractivity contribution in [2.45, 2.75) is 31.5 Å². The van der Waals surface area contributed by atoms with Crippen molar-refractivity contribution in [3.63, 3.8) is 0 Å². The summed E-state index contributed by atoms with van der Waals surface area (Å²) in [4.78, 5) is 4.52. The zero-order valence-corrected chi connectivity index (χ0v) is 19.3. The van der Waals surface area contributed by atoms with Gasteiger partial charge in [0.1, 0.15) is 24.4 Å². The number of quaternary nitrogens is 1. The first-order chi connectivity index (χ1) is 15.1. The molecule has 0 saturated carbocycles. The summed E-state index contributed by atoms with van der Waals surface area (Å²) in [6.45, 7) is 7.25. The van der Waals surface area contributed by atoms with Crippen LogP contribution in [0.15, 0.2) is 73.4 Å². The molecule has 3 aliphatic heterocycles. The molecule has 3 aliphatic rings. The van der Waals surface area contributed by atoms with Crippen molar-refractivity contribution in [1.82, 2.24) is 4.98 Å². The number of hydrogen-bond donors (Lipinski definition) is 1. The zero-order chi connectivity index (χ0) is 21.4. The van der Waals surface area contributed by atoms with Crippen molar-refractivity contribution >= 4 is 10.9 Å². The highest BCUT2D eigenvalue weighted by Gasteiger charge is 2.53. The van der Waals surface area contributed by atoms with Gasteiger partial charge in [-0.25, -0.2) is 0 Å². The van der Waals surface area contributed by atoms with Crippen LogP contribution in [0.2, 0.25) is 0 Å². The molecule has 3 saturated heterocycles. The van der Waals surface area contributed by atoms with E-state index in [4.69, 9.17) is 4.74 Å². The van der Waals surface area contributed by atoms with Crippen LogP contribution < -0.4 is 17.1 Å². The summed E-state index contributed by atoms with van der Waals surface area (Å²) in [6, 6.07) is 18.8. The molecule has 2 aromatic carbocycles. The summed E-state index contributed by atoms with van der Waals surface area (Å²) >= 11 is 0. The van der Waals surface area contributed by atoms with Crippen LogP contribution >= 0.6 is 0 Å². The zero-order valence-electron chi connectivity index (χ0n) is 18.5. The fourth-order valence-corrected chi connectivity index (χ4v) is 6.07. The van der Waals surface area contributed by atoms with Gasteiger partial charge in [0.25, 0.3) is 0 Å². The van der Waals surface area contributed by atoms with Crippen molar-refractivity contribution in [2.24, 2.45) is 11.8 Å². The third-order valence-corrected chi connectivity index (χ3v) is 7.68. The van der Waals surface area contributed by atoms with E-state index in [-0.39, 0.29) is 18.4 Å². The molecule has 32 heavy (non-hydrogen) atoms. The van der Waals surface area contributed by atoms with E-state index in [1.54, 1.807) is 7.11 Å². The van der Waals surface area contributed by atoms with E-state index in [0.717, 1.165) is 52.8 Å². The monoisotopic (exact) mass is 450 g/mol.